The molecule has 168 valence electrons. The number of carbonyl (C=O) groups excluding carboxylic acids is 3. The van der Waals surface area contributed by atoms with E-state index < -0.39 is 40.0 Å². The number of amides is 4. The van der Waals surface area contributed by atoms with Crippen LogP contribution in [0.25, 0.3) is 0 Å². The average Bonchev–Trinajstić information content (AvgIpc) is 3.55. The molecule has 0 radical (unpaired) electrons. The molecule has 1 unspecified atom stereocenters. The van der Waals surface area contributed by atoms with Gasteiger partial charge in [0.25, 0.3) is 5.91 Å². The molecule has 11 heteroatoms. The Morgan fingerprint density at radius 2 is 1.87 bits per heavy atom. The second-order valence-electron chi connectivity index (χ2n) is 8.58. The van der Waals surface area contributed by atoms with Crippen molar-refractivity contribution in [1.82, 2.24) is 19.4 Å². The summed E-state index contributed by atoms with van der Waals surface area (Å²) in [5.41, 5.74) is -0.661. The molecule has 4 amide bonds. The van der Waals surface area contributed by atoms with Crippen LogP contribution in [0, 0.1) is 5.92 Å². The monoisotopic (exact) mass is 449 g/mol. The summed E-state index contributed by atoms with van der Waals surface area (Å²) in [5, 5.41) is 5.30. The number of sulfonamides is 1. The minimum Gasteiger partial charge on any atom is -0.324 e. The maximum absolute atomic E-state index is 12.9. The largest absolute Gasteiger partial charge is 0.325 e. The van der Waals surface area contributed by atoms with E-state index in [0.717, 1.165) is 17.7 Å². The fourth-order valence-electron chi connectivity index (χ4n) is 4.05. The molecule has 3 fully saturated rings. The molecule has 3 aliphatic rings. The Balaban J connectivity index is 1.42. The molecule has 0 aromatic heterocycles. The normalized spacial score (nSPS) is 25.5. The van der Waals surface area contributed by atoms with Gasteiger partial charge >= 0.3 is 6.03 Å². The molecule has 1 saturated carbocycles. The van der Waals surface area contributed by atoms with E-state index in [2.05, 4.69) is 15.5 Å². The summed E-state index contributed by atoms with van der Waals surface area (Å²) < 4.78 is 27.3. The van der Waals surface area contributed by atoms with Crippen molar-refractivity contribution in [1.29, 1.82) is 0 Å². The van der Waals surface area contributed by atoms with Crippen LogP contribution in [0.3, 0.4) is 0 Å². The number of hydrogen-bond donors (Lipinski definition) is 2. The van der Waals surface area contributed by atoms with Crippen molar-refractivity contribution >= 4 is 33.6 Å². The van der Waals surface area contributed by atoms with Gasteiger partial charge in [-0.05, 0) is 50.9 Å². The van der Waals surface area contributed by atoms with Crippen LogP contribution in [0.2, 0.25) is 0 Å². The molecule has 2 aliphatic heterocycles. The predicted molar refractivity (Wildman–Crippen MR) is 113 cm³/mol. The highest BCUT2D eigenvalue weighted by Crippen LogP contribution is 2.42. The van der Waals surface area contributed by atoms with Gasteiger partial charge in [-0.1, -0.05) is 6.07 Å². The van der Waals surface area contributed by atoms with E-state index in [-0.39, 0.29) is 16.5 Å². The van der Waals surface area contributed by atoms with Gasteiger partial charge in [-0.2, -0.15) is 4.31 Å². The van der Waals surface area contributed by atoms with Crippen molar-refractivity contribution in [3.8, 4) is 0 Å². The van der Waals surface area contributed by atoms with Crippen molar-refractivity contribution in [2.75, 3.05) is 45.1 Å². The maximum Gasteiger partial charge on any atom is 0.325 e. The summed E-state index contributed by atoms with van der Waals surface area (Å²) in [6, 6.07) is 5.42. The van der Waals surface area contributed by atoms with Crippen molar-refractivity contribution in [2.24, 2.45) is 5.92 Å². The number of benzene rings is 1. The third kappa shape index (κ3) is 4.17. The summed E-state index contributed by atoms with van der Waals surface area (Å²) in [7, 11) is -1.73. The number of anilines is 1. The van der Waals surface area contributed by atoms with Gasteiger partial charge in [-0.15, -0.1) is 0 Å². The Bertz CT molecular complexity index is 1020. The fraction of sp³-hybridized carbons (Fsp3) is 0.550. The summed E-state index contributed by atoms with van der Waals surface area (Å²) in [6.45, 7) is 3.38. The zero-order valence-corrected chi connectivity index (χ0v) is 18.4. The van der Waals surface area contributed by atoms with Crippen LogP contribution >= 0.6 is 0 Å². The Morgan fingerprint density at radius 1 is 1.19 bits per heavy atom. The molecule has 1 aliphatic carbocycles. The maximum atomic E-state index is 12.9. The number of piperazine rings is 1. The lowest BCUT2D eigenvalue weighted by Gasteiger charge is -2.31. The average molecular weight is 450 g/mol. The van der Waals surface area contributed by atoms with Crippen molar-refractivity contribution in [2.45, 2.75) is 30.2 Å². The Kier molecular flexibility index (Phi) is 5.52. The first-order valence-corrected chi connectivity index (χ1v) is 11.8. The van der Waals surface area contributed by atoms with Crippen molar-refractivity contribution in [3.63, 3.8) is 0 Å². The number of carbonyl (C=O) groups is 3. The number of urea groups is 1. The minimum atomic E-state index is -3.67. The van der Waals surface area contributed by atoms with Gasteiger partial charge in [-0.25, -0.2) is 13.2 Å². The Hall–Kier alpha value is -2.50. The molecular formula is C20H27N5O5S. The van der Waals surface area contributed by atoms with E-state index in [9.17, 15) is 22.8 Å². The van der Waals surface area contributed by atoms with Gasteiger partial charge in [0.2, 0.25) is 15.9 Å². The van der Waals surface area contributed by atoms with E-state index in [1.165, 1.54) is 16.4 Å². The molecule has 1 aromatic rings. The van der Waals surface area contributed by atoms with E-state index in [1.807, 2.05) is 7.05 Å². The molecule has 1 atom stereocenters. The molecule has 10 nitrogen and oxygen atoms in total. The summed E-state index contributed by atoms with van der Waals surface area (Å²) in [6.07, 6.45) is 1.74. The lowest BCUT2D eigenvalue weighted by atomic mass is 9.96. The third-order valence-corrected chi connectivity index (χ3v) is 8.11. The molecule has 1 aromatic carbocycles. The lowest BCUT2D eigenvalue weighted by Crippen LogP contribution is -2.47. The highest BCUT2D eigenvalue weighted by Gasteiger charge is 2.56. The first-order chi connectivity index (χ1) is 14.6. The number of nitrogens with zero attached hydrogens (tertiary/aromatic N) is 3. The predicted octanol–water partition coefficient (Wildman–Crippen LogP) is 0.282. The molecular weight excluding hydrogens is 422 g/mol. The van der Waals surface area contributed by atoms with Crippen LogP contribution in [0.15, 0.2) is 29.2 Å². The topological polar surface area (TPSA) is 119 Å². The molecule has 2 N–H and O–H groups in total. The van der Waals surface area contributed by atoms with Crippen LogP contribution in [-0.4, -0.2) is 85.7 Å². The van der Waals surface area contributed by atoms with Crippen LogP contribution in [0.4, 0.5) is 10.5 Å². The lowest BCUT2D eigenvalue weighted by molar-refractivity contribution is -0.134. The first kappa shape index (κ1) is 21.7. The van der Waals surface area contributed by atoms with E-state index in [0.29, 0.717) is 26.2 Å². The van der Waals surface area contributed by atoms with Gasteiger partial charge in [0.1, 0.15) is 12.1 Å². The highest BCUT2D eigenvalue weighted by molar-refractivity contribution is 7.89. The molecule has 0 bridgehead atoms. The molecule has 0 spiro atoms. The van der Waals surface area contributed by atoms with Crippen LogP contribution in [0.5, 0.6) is 0 Å². The van der Waals surface area contributed by atoms with E-state index in [4.69, 9.17) is 0 Å². The van der Waals surface area contributed by atoms with Gasteiger partial charge in [0, 0.05) is 31.9 Å². The molecule has 4 rings (SSSR count). The van der Waals surface area contributed by atoms with Gasteiger partial charge < -0.3 is 15.5 Å². The van der Waals surface area contributed by atoms with Crippen LogP contribution in [0.1, 0.15) is 19.8 Å². The molecule has 2 heterocycles. The second-order valence-corrected chi connectivity index (χ2v) is 10.5. The Labute approximate surface area is 181 Å². The van der Waals surface area contributed by atoms with Crippen LogP contribution < -0.4 is 10.6 Å². The SMILES string of the molecule is CN1CCN(S(=O)(=O)c2cccc(NC(=O)CN3C(=O)NC(C)(C4CC4)C3=O)c2)CC1. The second kappa shape index (κ2) is 7.88. The van der Waals surface area contributed by atoms with Gasteiger partial charge in [0.05, 0.1) is 4.90 Å². The van der Waals surface area contributed by atoms with E-state index in [1.54, 1.807) is 19.1 Å². The number of imide groups is 1. The molecule has 31 heavy (non-hydrogen) atoms. The first-order valence-electron chi connectivity index (χ1n) is 10.3. The van der Waals surface area contributed by atoms with Crippen LogP contribution in [-0.2, 0) is 19.6 Å². The van der Waals surface area contributed by atoms with Crippen molar-refractivity contribution in [3.05, 3.63) is 24.3 Å². The fourth-order valence-corrected chi connectivity index (χ4v) is 5.52. The van der Waals surface area contributed by atoms with Crippen molar-refractivity contribution < 1.29 is 22.8 Å². The third-order valence-electron chi connectivity index (χ3n) is 6.21. The zero-order chi connectivity index (χ0) is 22.4. The number of likely N-dealkylation sites (N-methyl/N-ethyl adjacent to an activating group) is 1. The van der Waals surface area contributed by atoms with Gasteiger partial charge in [-0.3, -0.25) is 14.5 Å². The number of hydrogen-bond acceptors (Lipinski definition) is 6. The highest BCUT2D eigenvalue weighted by atomic mass is 32.2. The summed E-state index contributed by atoms with van der Waals surface area (Å²) in [5.74, 6) is -0.868. The van der Waals surface area contributed by atoms with Gasteiger partial charge in [0.15, 0.2) is 0 Å². The number of nitrogens with one attached hydrogen (secondary N) is 2. The quantitative estimate of drug-likeness (QED) is 0.602. The zero-order valence-electron chi connectivity index (χ0n) is 17.6. The minimum absolute atomic E-state index is 0.0890. The molecule has 2 saturated heterocycles. The number of rotatable bonds is 6. The Morgan fingerprint density at radius 3 is 2.52 bits per heavy atom. The van der Waals surface area contributed by atoms with E-state index >= 15 is 0 Å². The summed E-state index contributed by atoms with van der Waals surface area (Å²) >= 11 is 0. The summed E-state index contributed by atoms with van der Waals surface area (Å²) in [4.78, 5) is 40.5. The standard InChI is InChI=1S/C20H27N5O5S/c1-20(14-6-7-14)18(27)25(19(28)22-20)13-17(26)21-15-4-3-5-16(12-15)31(29,30)24-10-8-23(2)9-11-24/h3-5,12,14H,6-11,13H2,1-2H3,(H,21,26)(H,22,28). The smallest absolute Gasteiger partial charge is 0.324 e.